The average molecular weight is 465 g/mol. The van der Waals surface area contributed by atoms with Crippen LogP contribution < -0.4 is 5.32 Å². The van der Waals surface area contributed by atoms with Gasteiger partial charge in [-0.2, -0.15) is 18.3 Å². The molecule has 0 bridgehead atoms. The van der Waals surface area contributed by atoms with Crippen molar-refractivity contribution in [1.29, 1.82) is 0 Å². The summed E-state index contributed by atoms with van der Waals surface area (Å²) in [6.07, 6.45) is -3.95. The molecule has 3 aromatic rings. The largest absolute Gasteiger partial charge is 0.434 e. The molecule has 1 heterocycles. The SMILES string of the molecule is CCN(Cc1cccc(NC(=O)c2cnn(-c3ccc(Cl)cc3)c2C(F)(F)F)c1)C(C)=O. The smallest absolute Gasteiger partial charge is 0.339 e. The number of rotatable bonds is 6. The minimum atomic E-state index is -4.83. The van der Waals surface area contributed by atoms with E-state index in [1.807, 2.05) is 6.92 Å². The number of alkyl halides is 3. The molecule has 0 radical (unpaired) electrons. The molecule has 0 aliphatic heterocycles. The van der Waals surface area contributed by atoms with E-state index in [2.05, 4.69) is 10.4 Å². The molecule has 32 heavy (non-hydrogen) atoms. The Morgan fingerprint density at radius 3 is 2.44 bits per heavy atom. The summed E-state index contributed by atoms with van der Waals surface area (Å²) >= 11 is 5.81. The van der Waals surface area contributed by atoms with Crippen molar-refractivity contribution >= 4 is 29.1 Å². The quantitative estimate of drug-likeness (QED) is 0.547. The summed E-state index contributed by atoms with van der Waals surface area (Å²) in [5.41, 5.74) is -0.655. The predicted octanol–water partition coefficient (Wildman–Crippen LogP) is 5.17. The van der Waals surface area contributed by atoms with Crippen LogP contribution >= 0.6 is 11.6 Å². The van der Waals surface area contributed by atoms with Crippen LogP contribution in [0.2, 0.25) is 5.02 Å². The molecule has 1 aromatic heterocycles. The molecule has 0 saturated heterocycles. The second-order valence-electron chi connectivity index (χ2n) is 6.98. The van der Waals surface area contributed by atoms with Gasteiger partial charge in [0.05, 0.1) is 17.4 Å². The zero-order valence-electron chi connectivity index (χ0n) is 17.3. The van der Waals surface area contributed by atoms with Gasteiger partial charge in [-0.3, -0.25) is 9.59 Å². The minimum absolute atomic E-state index is 0.105. The van der Waals surface area contributed by atoms with Crippen LogP contribution in [0.25, 0.3) is 5.69 Å². The Hall–Kier alpha value is -3.33. The van der Waals surface area contributed by atoms with E-state index >= 15 is 0 Å². The molecule has 2 aromatic carbocycles. The summed E-state index contributed by atoms with van der Waals surface area (Å²) in [7, 11) is 0. The minimum Gasteiger partial charge on any atom is -0.339 e. The number of hydrogen-bond acceptors (Lipinski definition) is 3. The highest BCUT2D eigenvalue weighted by Crippen LogP contribution is 2.34. The zero-order chi connectivity index (χ0) is 23.5. The number of carbonyl (C=O) groups is 2. The Morgan fingerprint density at radius 2 is 1.84 bits per heavy atom. The first kappa shape index (κ1) is 23.3. The first-order valence-corrected chi connectivity index (χ1v) is 10.0. The van der Waals surface area contributed by atoms with Crippen LogP contribution in [0.15, 0.2) is 54.7 Å². The average Bonchev–Trinajstić information content (AvgIpc) is 3.18. The zero-order valence-corrected chi connectivity index (χ0v) is 18.0. The highest BCUT2D eigenvalue weighted by molar-refractivity contribution is 6.30. The fourth-order valence-corrected chi connectivity index (χ4v) is 3.30. The van der Waals surface area contributed by atoms with Gasteiger partial charge in [0, 0.05) is 30.7 Å². The number of halogens is 4. The molecular formula is C22H20ClF3N4O2. The van der Waals surface area contributed by atoms with Crippen molar-refractivity contribution < 1.29 is 22.8 Å². The molecule has 168 valence electrons. The first-order valence-electron chi connectivity index (χ1n) is 9.67. The molecule has 0 atom stereocenters. The van der Waals surface area contributed by atoms with Crippen molar-refractivity contribution in [3.05, 3.63) is 76.6 Å². The highest BCUT2D eigenvalue weighted by atomic mass is 35.5. The Kier molecular flexibility index (Phi) is 6.88. The number of nitrogens with one attached hydrogen (secondary N) is 1. The van der Waals surface area contributed by atoms with Gasteiger partial charge >= 0.3 is 6.18 Å². The van der Waals surface area contributed by atoms with Crippen LogP contribution in [0.3, 0.4) is 0 Å². The van der Waals surface area contributed by atoms with Gasteiger partial charge in [0.1, 0.15) is 0 Å². The summed E-state index contributed by atoms with van der Waals surface area (Å²) in [5, 5.41) is 6.63. The van der Waals surface area contributed by atoms with Crippen LogP contribution in [0, 0.1) is 0 Å². The summed E-state index contributed by atoms with van der Waals surface area (Å²) in [6.45, 7) is 4.11. The first-order chi connectivity index (χ1) is 15.1. The third-order valence-corrected chi connectivity index (χ3v) is 4.99. The van der Waals surface area contributed by atoms with E-state index in [0.717, 1.165) is 11.8 Å². The Balaban J connectivity index is 1.89. The van der Waals surface area contributed by atoms with E-state index in [-0.39, 0.29) is 11.6 Å². The van der Waals surface area contributed by atoms with Gasteiger partial charge in [-0.25, -0.2) is 4.68 Å². The summed E-state index contributed by atoms with van der Waals surface area (Å²) in [4.78, 5) is 26.0. The Morgan fingerprint density at radius 1 is 1.16 bits per heavy atom. The monoisotopic (exact) mass is 464 g/mol. The molecule has 10 heteroatoms. The molecule has 0 spiro atoms. The van der Waals surface area contributed by atoms with Crippen LogP contribution in [0.5, 0.6) is 0 Å². The molecule has 6 nitrogen and oxygen atoms in total. The molecule has 0 saturated carbocycles. The second-order valence-corrected chi connectivity index (χ2v) is 7.42. The number of anilines is 1. The van der Waals surface area contributed by atoms with Crippen molar-refractivity contribution in [2.75, 3.05) is 11.9 Å². The maximum absolute atomic E-state index is 13.8. The standard InChI is InChI=1S/C22H20ClF3N4O2/c1-3-29(14(2)31)13-15-5-4-6-17(11-15)28-21(32)19-12-27-30(20(19)22(24,25)26)18-9-7-16(23)8-10-18/h4-12H,3,13H2,1-2H3,(H,28,32). The predicted molar refractivity (Wildman–Crippen MR) is 115 cm³/mol. The molecule has 3 rings (SSSR count). The summed E-state index contributed by atoms with van der Waals surface area (Å²) in [6, 6.07) is 12.2. The maximum Gasteiger partial charge on any atom is 0.434 e. The lowest BCUT2D eigenvalue weighted by molar-refractivity contribution is -0.143. The van der Waals surface area contributed by atoms with Crippen molar-refractivity contribution in [2.45, 2.75) is 26.6 Å². The van der Waals surface area contributed by atoms with Crippen molar-refractivity contribution in [2.24, 2.45) is 0 Å². The molecule has 0 aliphatic rings. The van der Waals surface area contributed by atoms with Gasteiger partial charge in [-0.1, -0.05) is 23.7 Å². The van der Waals surface area contributed by atoms with Gasteiger partial charge in [-0.05, 0) is 48.9 Å². The third kappa shape index (κ3) is 5.28. The van der Waals surface area contributed by atoms with E-state index in [9.17, 15) is 22.8 Å². The van der Waals surface area contributed by atoms with Gasteiger partial charge in [0.15, 0.2) is 5.69 Å². The number of hydrogen-bond donors (Lipinski definition) is 1. The van der Waals surface area contributed by atoms with Crippen LogP contribution in [0.1, 0.15) is 35.5 Å². The molecule has 2 amide bonds. The van der Waals surface area contributed by atoms with E-state index in [1.54, 1.807) is 29.2 Å². The molecular weight excluding hydrogens is 445 g/mol. The number of nitrogens with zero attached hydrogens (tertiary/aromatic N) is 3. The fourth-order valence-electron chi connectivity index (χ4n) is 3.18. The number of amides is 2. The Labute approximate surface area is 187 Å². The van der Waals surface area contributed by atoms with Gasteiger partial charge in [0.25, 0.3) is 5.91 Å². The summed E-state index contributed by atoms with van der Waals surface area (Å²) < 4.78 is 42.1. The highest BCUT2D eigenvalue weighted by Gasteiger charge is 2.40. The van der Waals surface area contributed by atoms with E-state index in [1.165, 1.54) is 31.2 Å². The molecule has 0 aliphatic carbocycles. The molecule has 1 N–H and O–H groups in total. The molecule has 0 unspecified atom stereocenters. The van der Waals surface area contributed by atoms with Crippen LogP contribution in [-0.2, 0) is 17.5 Å². The van der Waals surface area contributed by atoms with E-state index in [0.29, 0.717) is 28.5 Å². The number of benzene rings is 2. The van der Waals surface area contributed by atoms with Crippen molar-refractivity contribution in [1.82, 2.24) is 14.7 Å². The van der Waals surface area contributed by atoms with Gasteiger partial charge < -0.3 is 10.2 Å². The van der Waals surface area contributed by atoms with Gasteiger partial charge in [-0.15, -0.1) is 0 Å². The van der Waals surface area contributed by atoms with Crippen LogP contribution in [0.4, 0.5) is 18.9 Å². The third-order valence-electron chi connectivity index (χ3n) is 4.74. The topological polar surface area (TPSA) is 67.2 Å². The number of carbonyl (C=O) groups excluding carboxylic acids is 2. The number of aromatic nitrogens is 2. The normalized spacial score (nSPS) is 11.3. The second kappa shape index (κ2) is 9.44. The lowest BCUT2D eigenvalue weighted by Crippen LogP contribution is -2.27. The van der Waals surface area contributed by atoms with E-state index < -0.39 is 23.3 Å². The van der Waals surface area contributed by atoms with E-state index in [4.69, 9.17) is 11.6 Å². The maximum atomic E-state index is 13.8. The lowest BCUT2D eigenvalue weighted by Gasteiger charge is -2.19. The van der Waals surface area contributed by atoms with Crippen molar-refractivity contribution in [3.63, 3.8) is 0 Å². The molecule has 0 fully saturated rings. The lowest BCUT2D eigenvalue weighted by atomic mass is 10.1. The fraction of sp³-hybridized carbons (Fsp3) is 0.227. The van der Waals surface area contributed by atoms with Crippen LogP contribution in [-0.4, -0.2) is 33.0 Å². The Bertz CT molecular complexity index is 1130. The summed E-state index contributed by atoms with van der Waals surface area (Å²) in [5.74, 6) is -1.06. The van der Waals surface area contributed by atoms with Crippen molar-refractivity contribution in [3.8, 4) is 5.69 Å². The van der Waals surface area contributed by atoms with Gasteiger partial charge in [0.2, 0.25) is 5.91 Å².